The smallest absolute Gasteiger partial charge is 0.234 e. The Bertz CT molecular complexity index is 139. The van der Waals surface area contributed by atoms with Gasteiger partial charge in [0.25, 0.3) is 6.43 Å². The maximum atomic E-state index is 11.5. The molecule has 2 nitrogen and oxygen atoms in total. The number of hydrogen-bond donors (Lipinski definition) is 0. The SMILES string of the molecule is FC(F)C1=NC=[C][N]1. The maximum absolute atomic E-state index is 11.5. The third kappa shape index (κ3) is 0.828. The minimum Gasteiger partial charge on any atom is -0.234 e. The van der Waals surface area contributed by atoms with E-state index in [4.69, 9.17) is 0 Å². The average molecular weight is 116 g/mol. The predicted octanol–water partition coefficient (Wildman–Crippen LogP) is 0.542. The van der Waals surface area contributed by atoms with E-state index in [1.165, 1.54) is 0 Å². The van der Waals surface area contributed by atoms with E-state index in [1.54, 1.807) is 0 Å². The van der Waals surface area contributed by atoms with Crippen LogP contribution in [0, 0.1) is 6.20 Å². The van der Waals surface area contributed by atoms with Crippen molar-refractivity contribution in [3.63, 3.8) is 0 Å². The van der Waals surface area contributed by atoms with Gasteiger partial charge in [0.05, 0.1) is 6.20 Å². The van der Waals surface area contributed by atoms with E-state index in [-0.39, 0.29) is 0 Å². The molecule has 0 atom stereocenters. The second kappa shape index (κ2) is 1.90. The van der Waals surface area contributed by atoms with Gasteiger partial charge in [-0.15, -0.1) is 0 Å². The van der Waals surface area contributed by atoms with Crippen molar-refractivity contribution in [1.82, 2.24) is 5.32 Å². The summed E-state index contributed by atoms with van der Waals surface area (Å²) in [6.07, 6.45) is 0.714. The van der Waals surface area contributed by atoms with Crippen LogP contribution in [0.2, 0.25) is 0 Å². The molecule has 0 spiro atoms. The molecular formula is C4H2F2N2. The lowest BCUT2D eigenvalue weighted by Gasteiger charge is -1.91. The first-order valence-corrected chi connectivity index (χ1v) is 1.94. The van der Waals surface area contributed by atoms with Crippen LogP contribution in [0.4, 0.5) is 8.78 Å². The molecule has 42 valence electrons. The average Bonchev–Trinajstić information content (AvgIpc) is 2.12. The van der Waals surface area contributed by atoms with Crippen molar-refractivity contribution in [3.8, 4) is 0 Å². The van der Waals surface area contributed by atoms with Gasteiger partial charge in [-0.25, -0.2) is 19.1 Å². The lowest BCUT2D eigenvalue weighted by molar-refractivity contribution is 0.222. The van der Waals surface area contributed by atoms with E-state index in [9.17, 15) is 8.78 Å². The van der Waals surface area contributed by atoms with E-state index in [2.05, 4.69) is 16.5 Å². The minimum absolute atomic E-state index is 0.454. The topological polar surface area (TPSA) is 26.5 Å². The molecule has 0 aromatic rings. The summed E-state index contributed by atoms with van der Waals surface area (Å²) in [4.78, 5) is 3.20. The fourth-order valence-electron chi connectivity index (χ4n) is 0.324. The summed E-state index contributed by atoms with van der Waals surface area (Å²) in [6.45, 7) is 0. The molecule has 1 aliphatic heterocycles. The molecule has 1 rings (SSSR count). The molecule has 8 heavy (non-hydrogen) atoms. The van der Waals surface area contributed by atoms with Crippen LogP contribution in [-0.2, 0) is 0 Å². The number of aliphatic imine (C=N–C) groups is 1. The first-order chi connectivity index (χ1) is 3.80. The first-order valence-electron chi connectivity index (χ1n) is 1.94. The molecule has 0 aromatic heterocycles. The van der Waals surface area contributed by atoms with Gasteiger partial charge < -0.3 is 0 Å². The van der Waals surface area contributed by atoms with E-state index in [0.717, 1.165) is 6.20 Å². The number of halogens is 2. The molecule has 0 saturated carbocycles. The molecule has 0 unspecified atom stereocenters. The lowest BCUT2D eigenvalue weighted by atomic mass is 10.6. The Hall–Kier alpha value is -0.930. The Morgan fingerprint density at radius 3 is 2.62 bits per heavy atom. The number of nitrogens with zero attached hydrogens (tertiary/aromatic N) is 2. The maximum Gasteiger partial charge on any atom is 0.297 e. The highest BCUT2D eigenvalue weighted by molar-refractivity contribution is 5.87. The zero-order chi connectivity index (χ0) is 5.98. The molecule has 0 N–H and O–H groups in total. The number of hydrogen-bond acceptors (Lipinski definition) is 1. The number of amidine groups is 1. The van der Waals surface area contributed by atoms with E-state index < -0.39 is 12.3 Å². The van der Waals surface area contributed by atoms with Crippen molar-refractivity contribution in [3.05, 3.63) is 12.4 Å². The quantitative estimate of drug-likeness (QED) is 0.478. The summed E-state index contributed by atoms with van der Waals surface area (Å²) in [5.74, 6) is -0.454. The van der Waals surface area contributed by atoms with E-state index in [0.29, 0.717) is 0 Å². The summed E-state index contributed by atoms with van der Waals surface area (Å²) >= 11 is 0. The van der Waals surface area contributed by atoms with Gasteiger partial charge in [-0.1, -0.05) is 0 Å². The molecule has 4 heteroatoms. The molecule has 1 heterocycles. The largest absolute Gasteiger partial charge is 0.297 e. The Kier molecular flexibility index (Phi) is 1.24. The van der Waals surface area contributed by atoms with Crippen molar-refractivity contribution in [1.29, 1.82) is 0 Å². The van der Waals surface area contributed by atoms with Crippen LogP contribution in [0.3, 0.4) is 0 Å². The third-order valence-electron chi connectivity index (χ3n) is 0.629. The highest BCUT2D eigenvalue weighted by Crippen LogP contribution is 1.99. The second-order valence-electron chi connectivity index (χ2n) is 1.16. The Morgan fingerprint density at radius 2 is 2.38 bits per heavy atom. The molecular weight excluding hydrogens is 114 g/mol. The Labute approximate surface area is 44.9 Å². The Balaban J connectivity index is 2.51. The molecule has 0 aromatic carbocycles. The molecule has 0 aliphatic carbocycles. The minimum atomic E-state index is -2.57. The molecule has 2 radical (unpaired) electrons. The van der Waals surface area contributed by atoms with Crippen LogP contribution in [0.1, 0.15) is 0 Å². The summed E-state index contributed by atoms with van der Waals surface area (Å²) in [7, 11) is 0. The summed E-state index contributed by atoms with van der Waals surface area (Å²) < 4.78 is 22.9. The number of alkyl halides is 2. The van der Waals surface area contributed by atoms with Crippen molar-refractivity contribution in [2.24, 2.45) is 4.99 Å². The van der Waals surface area contributed by atoms with Crippen LogP contribution in [0.15, 0.2) is 11.2 Å². The second-order valence-corrected chi connectivity index (χ2v) is 1.16. The summed E-state index contributed by atoms with van der Waals surface area (Å²) in [6, 6.07) is 0. The van der Waals surface area contributed by atoms with Crippen molar-refractivity contribution < 1.29 is 8.78 Å². The van der Waals surface area contributed by atoms with Gasteiger partial charge >= 0.3 is 0 Å². The Morgan fingerprint density at radius 1 is 1.62 bits per heavy atom. The van der Waals surface area contributed by atoms with Gasteiger partial charge in [0.2, 0.25) is 0 Å². The van der Waals surface area contributed by atoms with Gasteiger partial charge in [0.1, 0.15) is 6.20 Å². The van der Waals surface area contributed by atoms with Gasteiger partial charge in [-0.2, -0.15) is 0 Å². The summed E-state index contributed by atoms with van der Waals surface area (Å²) in [5, 5.41) is 3.13. The fourth-order valence-corrected chi connectivity index (χ4v) is 0.324. The van der Waals surface area contributed by atoms with E-state index >= 15 is 0 Å². The monoisotopic (exact) mass is 116 g/mol. The van der Waals surface area contributed by atoms with Crippen molar-refractivity contribution in [2.45, 2.75) is 6.43 Å². The van der Waals surface area contributed by atoms with Crippen LogP contribution in [-0.4, -0.2) is 12.3 Å². The van der Waals surface area contributed by atoms with Crippen LogP contribution >= 0.6 is 0 Å². The fraction of sp³-hybridized carbons (Fsp3) is 0.250. The standard InChI is InChI=1S/C4H2F2N2/c5-3(6)4-7-1-2-8-4/h1,3H. The van der Waals surface area contributed by atoms with Crippen LogP contribution in [0.5, 0.6) is 0 Å². The van der Waals surface area contributed by atoms with Crippen LogP contribution < -0.4 is 5.32 Å². The van der Waals surface area contributed by atoms with Crippen molar-refractivity contribution in [2.75, 3.05) is 0 Å². The molecule has 0 amide bonds. The lowest BCUT2D eigenvalue weighted by Crippen LogP contribution is -2.16. The normalized spacial score (nSPS) is 16.6. The van der Waals surface area contributed by atoms with Gasteiger partial charge in [0, 0.05) is 0 Å². The number of rotatable bonds is 1. The van der Waals surface area contributed by atoms with Gasteiger partial charge in [0.15, 0.2) is 5.84 Å². The molecule has 0 bridgehead atoms. The highest BCUT2D eigenvalue weighted by Gasteiger charge is 2.14. The van der Waals surface area contributed by atoms with E-state index in [1.807, 2.05) is 0 Å². The van der Waals surface area contributed by atoms with Crippen LogP contribution in [0.25, 0.3) is 0 Å². The summed E-state index contributed by atoms with van der Waals surface area (Å²) in [5.41, 5.74) is 0. The van der Waals surface area contributed by atoms with Gasteiger partial charge in [-0.3, -0.25) is 0 Å². The predicted molar refractivity (Wildman–Crippen MR) is 23.4 cm³/mol. The van der Waals surface area contributed by atoms with Crippen molar-refractivity contribution >= 4 is 5.84 Å². The van der Waals surface area contributed by atoms with Gasteiger partial charge in [-0.05, 0) is 0 Å². The molecule has 1 aliphatic rings. The zero-order valence-corrected chi connectivity index (χ0v) is 3.81. The third-order valence-corrected chi connectivity index (χ3v) is 0.629. The highest BCUT2D eigenvalue weighted by atomic mass is 19.3. The molecule has 0 saturated heterocycles. The first kappa shape index (κ1) is 5.21. The molecule has 0 fully saturated rings. The zero-order valence-electron chi connectivity index (χ0n) is 3.81.